The van der Waals surface area contributed by atoms with Crippen LogP contribution in [0.25, 0.3) is 11.4 Å². The standard InChI is InChI=1S/C16H18N6OS/c1-21-14(17-11-18-21)16(23)7-9-22(10-8-16)15-19-13(20-24-15)12-5-3-2-4-6-12/h2-6,11,23H,7-10H2,1H3. The molecule has 3 heterocycles. The van der Waals surface area contributed by atoms with Gasteiger partial charge in [-0.25, -0.2) is 4.98 Å². The fourth-order valence-electron chi connectivity index (χ4n) is 3.06. The van der Waals surface area contributed by atoms with E-state index >= 15 is 0 Å². The molecule has 0 bridgehead atoms. The largest absolute Gasteiger partial charge is 0.382 e. The summed E-state index contributed by atoms with van der Waals surface area (Å²) in [6, 6.07) is 9.97. The molecule has 0 aliphatic carbocycles. The molecular weight excluding hydrogens is 324 g/mol. The predicted octanol–water partition coefficient (Wildman–Crippen LogP) is 1.82. The van der Waals surface area contributed by atoms with E-state index in [0.29, 0.717) is 31.8 Å². The average molecular weight is 342 g/mol. The molecule has 124 valence electrons. The smallest absolute Gasteiger partial charge is 0.205 e. The number of aryl methyl sites for hydroxylation is 1. The van der Waals surface area contributed by atoms with Crippen molar-refractivity contribution in [3.8, 4) is 11.4 Å². The zero-order chi connectivity index (χ0) is 16.6. The molecule has 1 aliphatic rings. The fourth-order valence-corrected chi connectivity index (χ4v) is 3.80. The Kier molecular flexibility index (Phi) is 3.78. The van der Waals surface area contributed by atoms with Crippen LogP contribution in [0.5, 0.6) is 0 Å². The van der Waals surface area contributed by atoms with Crippen molar-refractivity contribution in [1.82, 2.24) is 24.1 Å². The number of aromatic nitrogens is 5. The Bertz CT molecular complexity index is 822. The fraction of sp³-hybridized carbons (Fsp3) is 0.375. The van der Waals surface area contributed by atoms with Gasteiger partial charge in [0.25, 0.3) is 0 Å². The minimum absolute atomic E-state index is 0.597. The van der Waals surface area contributed by atoms with Crippen molar-refractivity contribution < 1.29 is 5.11 Å². The second-order valence-electron chi connectivity index (χ2n) is 5.99. The summed E-state index contributed by atoms with van der Waals surface area (Å²) in [4.78, 5) is 11.0. The summed E-state index contributed by atoms with van der Waals surface area (Å²) in [6.45, 7) is 1.43. The van der Waals surface area contributed by atoms with Crippen molar-refractivity contribution in [1.29, 1.82) is 0 Å². The first kappa shape index (κ1) is 15.2. The molecule has 7 nitrogen and oxygen atoms in total. The summed E-state index contributed by atoms with van der Waals surface area (Å²) in [7, 11) is 1.81. The molecule has 1 saturated heterocycles. The molecule has 3 aromatic rings. The van der Waals surface area contributed by atoms with E-state index in [1.54, 1.807) is 4.68 Å². The minimum Gasteiger partial charge on any atom is -0.382 e. The Balaban J connectivity index is 1.49. The molecule has 1 aliphatic heterocycles. The van der Waals surface area contributed by atoms with E-state index in [9.17, 15) is 5.11 Å². The van der Waals surface area contributed by atoms with Crippen LogP contribution in [0, 0.1) is 0 Å². The predicted molar refractivity (Wildman–Crippen MR) is 91.7 cm³/mol. The lowest BCUT2D eigenvalue weighted by Gasteiger charge is -2.36. The summed E-state index contributed by atoms with van der Waals surface area (Å²) < 4.78 is 6.11. The Labute approximate surface area is 143 Å². The zero-order valence-corrected chi connectivity index (χ0v) is 14.1. The number of aliphatic hydroxyl groups is 1. The topological polar surface area (TPSA) is 80.0 Å². The van der Waals surface area contributed by atoms with Gasteiger partial charge < -0.3 is 10.0 Å². The second kappa shape index (κ2) is 5.95. The molecule has 1 aromatic carbocycles. The summed E-state index contributed by atoms with van der Waals surface area (Å²) >= 11 is 1.40. The van der Waals surface area contributed by atoms with Gasteiger partial charge in [-0.2, -0.15) is 14.5 Å². The van der Waals surface area contributed by atoms with E-state index < -0.39 is 5.60 Å². The highest BCUT2D eigenvalue weighted by Gasteiger charge is 2.38. The SMILES string of the molecule is Cn1ncnc1C1(O)CCN(c2nc(-c3ccccc3)ns2)CC1. The third-order valence-corrected chi connectivity index (χ3v) is 5.21. The number of piperidine rings is 1. The van der Waals surface area contributed by atoms with Crippen LogP contribution in [0.15, 0.2) is 36.7 Å². The Morgan fingerprint density at radius 2 is 1.92 bits per heavy atom. The molecule has 0 atom stereocenters. The van der Waals surface area contributed by atoms with E-state index in [2.05, 4.69) is 24.3 Å². The van der Waals surface area contributed by atoms with E-state index in [-0.39, 0.29) is 0 Å². The number of rotatable bonds is 3. The van der Waals surface area contributed by atoms with E-state index in [1.165, 1.54) is 17.9 Å². The van der Waals surface area contributed by atoms with E-state index in [1.807, 2.05) is 37.4 Å². The van der Waals surface area contributed by atoms with Gasteiger partial charge in [0.1, 0.15) is 11.9 Å². The van der Waals surface area contributed by atoms with Crippen LogP contribution in [0.2, 0.25) is 0 Å². The monoisotopic (exact) mass is 342 g/mol. The molecule has 0 unspecified atom stereocenters. The summed E-state index contributed by atoms with van der Waals surface area (Å²) in [5.74, 6) is 1.38. The van der Waals surface area contributed by atoms with Crippen LogP contribution in [0.3, 0.4) is 0 Å². The van der Waals surface area contributed by atoms with E-state index in [4.69, 9.17) is 0 Å². The molecule has 1 fully saturated rings. The van der Waals surface area contributed by atoms with Crippen molar-refractivity contribution in [2.24, 2.45) is 7.05 Å². The van der Waals surface area contributed by atoms with Crippen LogP contribution >= 0.6 is 11.5 Å². The number of benzene rings is 1. The molecule has 1 N–H and O–H groups in total. The Hall–Kier alpha value is -2.32. The molecular formula is C16H18N6OS. The molecule has 4 rings (SSSR count). The maximum absolute atomic E-state index is 10.9. The lowest BCUT2D eigenvalue weighted by Crippen LogP contribution is -2.44. The average Bonchev–Trinajstić information content (AvgIpc) is 3.26. The van der Waals surface area contributed by atoms with Crippen LogP contribution < -0.4 is 4.90 Å². The summed E-state index contributed by atoms with van der Waals surface area (Å²) in [5.41, 5.74) is 0.0990. The molecule has 0 spiro atoms. The third-order valence-electron chi connectivity index (χ3n) is 4.44. The molecule has 24 heavy (non-hydrogen) atoms. The number of hydrogen-bond acceptors (Lipinski definition) is 7. The molecule has 8 heteroatoms. The number of hydrogen-bond donors (Lipinski definition) is 1. The van der Waals surface area contributed by atoms with Gasteiger partial charge in [0.2, 0.25) is 5.13 Å². The van der Waals surface area contributed by atoms with Crippen LogP contribution in [0.4, 0.5) is 5.13 Å². The van der Waals surface area contributed by atoms with E-state index in [0.717, 1.165) is 16.5 Å². The Morgan fingerprint density at radius 1 is 1.17 bits per heavy atom. The molecule has 0 radical (unpaired) electrons. The van der Waals surface area contributed by atoms with Gasteiger partial charge in [0, 0.05) is 50.1 Å². The zero-order valence-electron chi connectivity index (χ0n) is 13.3. The first-order valence-corrected chi connectivity index (χ1v) is 8.64. The number of nitrogens with zero attached hydrogens (tertiary/aromatic N) is 6. The van der Waals surface area contributed by atoms with Gasteiger partial charge in [0.15, 0.2) is 11.6 Å². The maximum atomic E-state index is 10.9. The van der Waals surface area contributed by atoms with Gasteiger partial charge in [-0.3, -0.25) is 4.68 Å². The lowest BCUT2D eigenvalue weighted by molar-refractivity contribution is -0.0000662. The van der Waals surface area contributed by atoms with Gasteiger partial charge in [-0.05, 0) is 0 Å². The van der Waals surface area contributed by atoms with Gasteiger partial charge in [0.05, 0.1) is 0 Å². The van der Waals surface area contributed by atoms with Crippen molar-refractivity contribution in [3.05, 3.63) is 42.5 Å². The van der Waals surface area contributed by atoms with Crippen LogP contribution in [-0.4, -0.2) is 42.3 Å². The quantitative estimate of drug-likeness (QED) is 0.782. The Morgan fingerprint density at radius 3 is 2.58 bits per heavy atom. The molecule has 0 saturated carbocycles. The van der Waals surface area contributed by atoms with Gasteiger partial charge in [-0.1, -0.05) is 30.3 Å². The van der Waals surface area contributed by atoms with Crippen molar-refractivity contribution in [3.63, 3.8) is 0 Å². The van der Waals surface area contributed by atoms with Crippen molar-refractivity contribution in [2.75, 3.05) is 18.0 Å². The normalized spacial score (nSPS) is 17.2. The summed E-state index contributed by atoms with van der Waals surface area (Å²) in [6.07, 6.45) is 2.68. The second-order valence-corrected chi connectivity index (χ2v) is 6.72. The van der Waals surface area contributed by atoms with Crippen molar-refractivity contribution >= 4 is 16.7 Å². The highest BCUT2D eigenvalue weighted by molar-refractivity contribution is 7.09. The van der Waals surface area contributed by atoms with Crippen LogP contribution in [-0.2, 0) is 12.6 Å². The van der Waals surface area contributed by atoms with Gasteiger partial charge >= 0.3 is 0 Å². The maximum Gasteiger partial charge on any atom is 0.205 e. The third kappa shape index (κ3) is 2.67. The van der Waals surface area contributed by atoms with Crippen LogP contribution in [0.1, 0.15) is 18.7 Å². The van der Waals surface area contributed by atoms with Crippen molar-refractivity contribution in [2.45, 2.75) is 18.4 Å². The first-order valence-electron chi connectivity index (χ1n) is 7.87. The highest BCUT2D eigenvalue weighted by atomic mass is 32.1. The van der Waals surface area contributed by atoms with Gasteiger partial charge in [-0.15, -0.1) is 0 Å². The number of anilines is 1. The molecule has 0 amide bonds. The summed E-state index contributed by atoms with van der Waals surface area (Å²) in [5, 5.41) is 15.8. The lowest BCUT2D eigenvalue weighted by atomic mass is 9.91. The first-order chi connectivity index (χ1) is 11.7. The molecule has 2 aromatic heterocycles. The minimum atomic E-state index is -0.922. The highest BCUT2D eigenvalue weighted by Crippen LogP contribution is 2.34.